The van der Waals surface area contributed by atoms with Crippen molar-refractivity contribution in [3.8, 4) is 5.95 Å². The van der Waals surface area contributed by atoms with E-state index in [4.69, 9.17) is 0 Å². The summed E-state index contributed by atoms with van der Waals surface area (Å²) in [5, 5.41) is 7.83. The Bertz CT molecular complexity index is 740. The highest BCUT2D eigenvalue weighted by Crippen LogP contribution is 2.18. The molecule has 128 valence electrons. The van der Waals surface area contributed by atoms with E-state index >= 15 is 0 Å². The van der Waals surface area contributed by atoms with E-state index in [2.05, 4.69) is 20.4 Å². The number of nitrogens with zero attached hydrogens (tertiary/aromatic N) is 5. The third-order valence-corrected chi connectivity index (χ3v) is 4.40. The van der Waals surface area contributed by atoms with E-state index < -0.39 is 0 Å². The molecule has 0 spiro atoms. The van der Waals surface area contributed by atoms with Crippen molar-refractivity contribution in [2.45, 2.75) is 34.1 Å². The fourth-order valence-corrected chi connectivity index (χ4v) is 3.10. The summed E-state index contributed by atoms with van der Waals surface area (Å²) in [6.45, 7) is 11.1. The van der Waals surface area contributed by atoms with Gasteiger partial charge in [0.2, 0.25) is 5.91 Å². The Balaban J connectivity index is 1.87. The summed E-state index contributed by atoms with van der Waals surface area (Å²) >= 11 is 0. The molecule has 1 amide bonds. The number of aromatic nitrogens is 4. The van der Waals surface area contributed by atoms with Gasteiger partial charge in [0.1, 0.15) is 0 Å². The lowest BCUT2D eigenvalue weighted by Crippen LogP contribution is -2.47. The molecule has 2 aromatic heterocycles. The SMILES string of the molecule is Cc1cc(C)nc(-n2nc(C)c(CC(=O)N3CCNCC3)c2C)n1. The van der Waals surface area contributed by atoms with Gasteiger partial charge in [-0.05, 0) is 33.8 Å². The highest BCUT2D eigenvalue weighted by molar-refractivity contribution is 5.79. The zero-order valence-electron chi connectivity index (χ0n) is 14.8. The minimum Gasteiger partial charge on any atom is -0.340 e. The number of aryl methyl sites for hydroxylation is 3. The van der Waals surface area contributed by atoms with Crippen molar-refractivity contribution in [3.05, 3.63) is 34.4 Å². The van der Waals surface area contributed by atoms with Crippen LogP contribution in [-0.2, 0) is 11.2 Å². The minimum absolute atomic E-state index is 0.156. The Labute approximate surface area is 142 Å². The van der Waals surface area contributed by atoms with Crippen molar-refractivity contribution in [1.82, 2.24) is 30.0 Å². The van der Waals surface area contributed by atoms with Gasteiger partial charge >= 0.3 is 0 Å². The quantitative estimate of drug-likeness (QED) is 0.905. The molecule has 1 fully saturated rings. The molecule has 0 aromatic carbocycles. The van der Waals surface area contributed by atoms with Gasteiger partial charge in [0, 0.05) is 48.8 Å². The standard InChI is InChI=1S/C17H24N6O/c1-11-9-12(2)20-17(19-11)23-14(4)15(13(3)21-23)10-16(24)22-7-5-18-6-8-22/h9,18H,5-8,10H2,1-4H3. The van der Waals surface area contributed by atoms with Gasteiger partial charge in [-0.1, -0.05) is 0 Å². The smallest absolute Gasteiger partial charge is 0.251 e. The number of rotatable bonds is 3. The third-order valence-electron chi connectivity index (χ3n) is 4.40. The van der Waals surface area contributed by atoms with Gasteiger partial charge in [-0.15, -0.1) is 0 Å². The Morgan fingerprint density at radius 1 is 1.12 bits per heavy atom. The van der Waals surface area contributed by atoms with Crippen LogP contribution in [0.25, 0.3) is 5.95 Å². The zero-order chi connectivity index (χ0) is 17.3. The van der Waals surface area contributed by atoms with Crippen LogP contribution in [0, 0.1) is 27.7 Å². The van der Waals surface area contributed by atoms with Crippen LogP contribution in [0.5, 0.6) is 0 Å². The van der Waals surface area contributed by atoms with Crippen LogP contribution in [0.3, 0.4) is 0 Å². The van der Waals surface area contributed by atoms with Gasteiger partial charge in [-0.2, -0.15) is 5.10 Å². The first-order valence-electron chi connectivity index (χ1n) is 8.32. The first-order valence-corrected chi connectivity index (χ1v) is 8.32. The average Bonchev–Trinajstić information content (AvgIpc) is 2.83. The monoisotopic (exact) mass is 328 g/mol. The number of carbonyl (C=O) groups is 1. The molecule has 1 aliphatic rings. The highest BCUT2D eigenvalue weighted by Gasteiger charge is 2.21. The van der Waals surface area contributed by atoms with Crippen molar-refractivity contribution in [1.29, 1.82) is 0 Å². The molecule has 7 nitrogen and oxygen atoms in total. The molecule has 3 rings (SSSR count). The summed E-state index contributed by atoms with van der Waals surface area (Å²) in [5.41, 5.74) is 4.58. The highest BCUT2D eigenvalue weighted by atomic mass is 16.2. The number of nitrogens with one attached hydrogen (secondary N) is 1. The molecule has 1 saturated heterocycles. The summed E-state index contributed by atoms with van der Waals surface area (Å²) in [6, 6.07) is 1.93. The topological polar surface area (TPSA) is 75.9 Å². The molecular weight excluding hydrogens is 304 g/mol. The van der Waals surface area contributed by atoms with E-state index in [-0.39, 0.29) is 5.91 Å². The molecule has 7 heteroatoms. The van der Waals surface area contributed by atoms with Gasteiger partial charge in [0.15, 0.2) is 0 Å². The van der Waals surface area contributed by atoms with Crippen LogP contribution in [0.4, 0.5) is 0 Å². The zero-order valence-corrected chi connectivity index (χ0v) is 14.8. The largest absolute Gasteiger partial charge is 0.340 e. The maximum Gasteiger partial charge on any atom is 0.251 e. The lowest BCUT2D eigenvalue weighted by molar-refractivity contribution is -0.131. The predicted octanol–water partition coefficient (Wildman–Crippen LogP) is 0.870. The van der Waals surface area contributed by atoms with E-state index in [1.165, 1.54) is 0 Å². The van der Waals surface area contributed by atoms with Crippen molar-refractivity contribution in [3.63, 3.8) is 0 Å². The summed E-state index contributed by atoms with van der Waals surface area (Å²) in [4.78, 5) is 23.4. The van der Waals surface area contributed by atoms with Crippen LogP contribution in [0.1, 0.15) is 28.3 Å². The molecule has 0 bridgehead atoms. The predicted molar refractivity (Wildman–Crippen MR) is 91.3 cm³/mol. The lowest BCUT2D eigenvalue weighted by atomic mass is 10.1. The minimum atomic E-state index is 0.156. The van der Waals surface area contributed by atoms with Gasteiger partial charge in [-0.25, -0.2) is 14.6 Å². The van der Waals surface area contributed by atoms with Gasteiger partial charge < -0.3 is 10.2 Å². The number of piperazine rings is 1. The summed E-state index contributed by atoms with van der Waals surface area (Å²) in [7, 11) is 0. The average molecular weight is 328 g/mol. The first-order chi connectivity index (χ1) is 11.5. The van der Waals surface area contributed by atoms with Gasteiger partial charge in [0.25, 0.3) is 5.95 Å². The maximum absolute atomic E-state index is 12.6. The van der Waals surface area contributed by atoms with Gasteiger partial charge in [0.05, 0.1) is 12.1 Å². The second-order valence-corrected chi connectivity index (χ2v) is 6.32. The summed E-state index contributed by atoms with van der Waals surface area (Å²) in [5.74, 6) is 0.720. The molecule has 0 atom stereocenters. The van der Waals surface area contributed by atoms with Crippen LogP contribution < -0.4 is 5.32 Å². The van der Waals surface area contributed by atoms with Crippen molar-refractivity contribution < 1.29 is 4.79 Å². The number of hydrogen-bond donors (Lipinski definition) is 1. The lowest BCUT2D eigenvalue weighted by Gasteiger charge is -2.27. The van der Waals surface area contributed by atoms with Crippen molar-refractivity contribution >= 4 is 5.91 Å². The second-order valence-electron chi connectivity index (χ2n) is 6.32. The van der Waals surface area contributed by atoms with Crippen LogP contribution >= 0.6 is 0 Å². The molecular formula is C17H24N6O. The Hall–Kier alpha value is -2.28. The number of amides is 1. The van der Waals surface area contributed by atoms with E-state index in [9.17, 15) is 4.79 Å². The molecule has 1 aliphatic heterocycles. The molecule has 1 N–H and O–H groups in total. The van der Waals surface area contributed by atoms with Crippen molar-refractivity contribution in [2.24, 2.45) is 0 Å². The third kappa shape index (κ3) is 3.31. The van der Waals surface area contributed by atoms with E-state index in [1.807, 2.05) is 38.7 Å². The fraction of sp³-hybridized carbons (Fsp3) is 0.529. The fourth-order valence-electron chi connectivity index (χ4n) is 3.10. The molecule has 24 heavy (non-hydrogen) atoms. The second kappa shape index (κ2) is 6.68. The number of hydrogen-bond acceptors (Lipinski definition) is 5. The summed E-state index contributed by atoms with van der Waals surface area (Å²) in [6.07, 6.45) is 0.377. The Morgan fingerprint density at radius 3 is 2.38 bits per heavy atom. The molecule has 2 aromatic rings. The molecule has 0 unspecified atom stereocenters. The van der Waals surface area contributed by atoms with E-state index in [1.54, 1.807) is 4.68 Å². The Morgan fingerprint density at radius 2 is 1.75 bits per heavy atom. The molecule has 0 saturated carbocycles. The normalized spacial score (nSPS) is 14.9. The molecule has 3 heterocycles. The first kappa shape index (κ1) is 16.6. The molecule has 0 radical (unpaired) electrons. The van der Waals surface area contributed by atoms with E-state index in [0.717, 1.165) is 54.5 Å². The summed E-state index contributed by atoms with van der Waals surface area (Å²) < 4.78 is 1.75. The Kier molecular flexibility index (Phi) is 4.62. The van der Waals surface area contributed by atoms with E-state index in [0.29, 0.717) is 12.4 Å². The van der Waals surface area contributed by atoms with Crippen LogP contribution in [0.2, 0.25) is 0 Å². The van der Waals surface area contributed by atoms with Gasteiger partial charge in [-0.3, -0.25) is 4.79 Å². The number of carbonyl (C=O) groups excluding carboxylic acids is 1. The van der Waals surface area contributed by atoms with Crippen molar-refractivity contribution in [2.75, 3.05) is 26.2 Å². The molecule has 0 aliphatic carbocycles. The maximum atomic E-state index is 12.6. The van der Waals surface area contributed by atoms with Crippen LogP contribution in [0.15, 0.2) is 6.07 Å². The van der Waals surface area contributed by atoms with Crippen LogP contribution in [-0.4, -0.2) is 56.7 Å².